The summed E-state index contributed by atoms with van der Waals surface area (Å²) in [4.78, 5) is 24.6. The van der Waals surface area contributed by atoms with Gasteiger partial charge in [-0.15, -0.1) is 0 Å². The third-order valence-corrected chi connectivity index (χ3v) is 6.33. The summed E-state index contributed by atoms with van der Waals surface area (Å²) in [7, 11) is 1.81. The summed E-state index contributed by atoms with van der Waals surface area (Å²) < 4.78 is 6.84. The standard InChI is InChI=1S/C27H47NO3/c1-5-7-8-9-10-11-12-13-14-15-16-17-18-19-20-21-26(29)24-22-25(27(30)31-6-2)28(4)23(24)3/h22H,5-21H2,1-4H3. The van der Waals surface area contributed by atoms with Gasteiger partial charge in [-0.3, -0.25) is 4.79 Å². The molecular weight excluding hydrogens is 386 g/mol. The fraction of sp³-hybridized carbons (Fsp3) is 0.778. The van der Waals surface area contributed by atoms with Crippen LogP contribution < -0.4 is 0 Å². The zero-order chi connectivity index (χ0) is 22.9. The largest absolute Gasteiger partial charge is 0.461 e. The summed E-state index contributed by atoms with van der Waals surface area (Å²) in [5.41, 5.74) is 1.96. The topological polar surface area (TPSA) is 48.3 Å². The molecule has 4 heteroatoms. The smallest absolute Gasteiger partial charge is 0.354 e. The predicted molar refractivity (Wildman–Crippen MR) is 130 cm³/mol. The van der Waals surface area contributed by atoms with E-state index in [2.05, 4.69) is 6.92 Å². The van der Waals surface area contributed by atoms with E-state index in [-0.39, 0.29) is 11.8 Å². The highest BCUT2D eigenvalue weighted by atomic mass is 16.5. The minimum atomic E-state index is -0.362. The van der Waals surface area contributed by atoms with E-state index in [1.165, 1.54) is 83.5 Å². The van der Waals surface area contributed by atoms with Crippen molar-refractivity contribution in [3.05, 3.63) is 23.0 Å². The third kappa shape index (κ3) is 11.0. The van der Waals surface area contributed by atoms with Crippen LogP contribution in [-0.4, -0.2) is 22.9 Å². The molecule has 0 amide bonds. The van der Waals surface area contributed by atoms with Gasteiger partial charge >= 0.3 is 5.97 Å². The van der Waals surface area contributed by atoms with Crippen molar-refractivity contribution in [2.75, 3.05) is 6.61 Å². The number of ketones is 1. The number of unbranched alkanes of at least 4 members (excludes halogenated alkanes) is 14. The van der Waals surface area contributed by atoms with Gasteiger partial charge in [-0.05, 0) is 26.3 Å². The first-order valence-electron chi connectivity index (χ1n) is 12.9. The summed E-state index contributed by atoms with van der Waals surface area (Å²) in [6.45, 7) is 6.29. The van der Waals surface area contributed by atoms with E-state index >= 15 is 0 Å². The zero-order valence-corrected chi connectivity index (χ0v) is 20.8. The van der Waals surface area contributed by atoms with Crippen molar-refractivity contribution in [1.82, 2.24) is 4.57 Å². The van der Waals surface area contributed by atoms with Gasteiger partial charge in [-0.25, -0.2) is 4.79 Å². The number of Topliss-reactive ketones (excluding diaryl/α,β-unsaturated/α-hetero) is 1. The normalized spacial score (nSPS) is 11.1. The third-order valence-electron chi connectivity index (χ3n) is 6.33. The number of esters is 1. The minimum Gasteiger partial charge on any atom is -0.461 e. The fourth-order valence-corrected chi connectivity index (χ4v) is 4.17. The van der Waals surface area contributed by atoms with Crippen molar-refractivity contribution in [2.24, 2.45) is 7.05 Å². The Morgan fingerprint density at radius 1 is 0.774 bits per heavy atom. The van der Waals surface area contributed by atoms with Crippen molar-refractivity contribution < 1.29 is 14.3 Å². The average molecular weight is 434 g/mol. The highest BCUT2D eigenvalue weighted by molar-refractivity contribution is 6.00. The summed E-state index contributed by atoms with van der Waals surface area (Å²) in [5.74, 6) is -0.225. The van der Waals surface area contributed by atoms with E-state index < -0.39 is 0 Å². The summed E-state index contributed by atoms with van der Waals surface area (Å²) in [5, 5.41) is 0. The Kier molecular flexibility index (Phi) is 15.1. The summed E-state index contributed by atoms with van der Waals surface area (Å²) in [6, 6.07) is 1.70. The zero-order valence-electron chi connectivity index (χ0n) is 20.8. The molecule has 4 nitrogen and oxygen atoms in total. The Morgan fingerprint density at radius 3 is 1.68 bits per heavy atom. The molecule has 0 fully saturated rings. The van der Waals surface area contributed by atoms with Crippen molar-refractivity contribution in [3.8, 4) is 0 Å². The molecule has 0 N–H and O–H groups in total. The molecular formula is C27H47NO3. The van der Waals surface area contributed by atoms with Gasteiger partial charge in [-0.2, -0.15) is 0 Å². The lowest BCUT2D eigenvalue weighted by Crippen LogP contribution is -2.10. The van der Waals surface area contributed by atoms with Crippen LogP contribution in [-0.2, 0) is 11.8 Å². The molecule has 0 radical (unpaired) electrons. The van der Waals surface area contributed by atoms with Gasteiger partial charge in [-0.1, -0.05) is 96.8 Å². The number of aromatic nitrogens is 1. The maximum absolute atomic E-state index is 12.6. The van der Waals surface area contributed by atoms with Gasteiger partial charge < -0.3 is 9.30 Å². The predicted octanol–water partition coefficient (Wildman–Crippen LogP) is 7.95. The maximum atomic E-state index is 12.6. The van der Waals surface area contributed by atoms with Gasteiger partial charge in [0.25, 0.3) is 0 Å². The molecule has 178 valence electrons. The molecule has 0 bridgehead atoms. The number of hydrogen-bond donors (Lipinski definition) is 0. The van der Waals surface area contributed by atoms with E-state index in [1.54, 1.807) is 17.6 Å². The van der Waals surface area contributed by atoms with Crippen molar-refractivity contribution in [1.29, 1.82) is 0 Å². The first kappa shape index (κ1) is 27.5. The number of carbonyl (C=O) groups is 2. The second-order valence-electron chi connectivity index (χ2n) is 8.93. The van der Waals surface area contributed by atoms with Crippen LogP contribution in [0.2, 0.25) is 0 Å². The maximum Gasteiger partial charge on any atom is 0.354 e. The van der Waals surface area contributed by atoms with Gasteiger partial charge in [0.15, 0.2) is 5.78 Å². The fourth-order valence-electron chi connectivity index (χ4n) is 4.17. The molecule has 0 saturated heterocycles. The molecule has 0 aliphatic heterocycles. The van der Waals surface area contributed by atoms with Crippen molar-refractivity contribution in [2.45, 2.75) is 124 Å². The van der Waals surface area contributed by atoms with Crippen LogP contribution in [0.25, 0.3) is 0 Å². The van der Waals surface area contributed by atoms with Crippen molar-refractivity contribution >= 4 is 11.8 Å². The highest BCUT2D eigenvalue weighted by Gasteiger charge is 2.20. The number of nitrogens with zero attached hydrogens (tertiary/aromatic N) is 1. The quantitative estimate of drug-likeness (QED) is 0.126. The molecule has 0 saturated carbocycles. The molecule has 0 aromatic carbocycles. The molecule has 0 aliphatic rings. The summed E-state index contributed by atoms with van der Waals surface area (Å²) in [6.07, 6.45) is 20.4. The number of ether oxygens (including phenoxy) is 1. The monoisotopic (exact) mass is 433 g/mol. The Balaban J connectivity index is 2.06. The van der Waals surface area contributed by atoms with Gasteiger partial charge in [0.1, 0.15) is 5.69 Å². The first-order chi connectivity index (χ1) is 15.0. The lowest BCUT2D eigenvalue weighted by atomic mass is 10.0. The van der Waals surface area contributed by atoms with E-state index in [4.69, 9.17) is 4.74 Å². The van der Waals surface area contributed by atoms with E-state index in [0.717, 1.165) is 18.5 Å². The molecule has 1 aromatic heterocycles. The number of hydrogen-bond acceptors (Lipinski definition) is 3. The second-order valence-corrected chi connectivity index (χ2v) is 8.93. The van der Waals surface area contributed by atoms with Crippen LogP contribution in [0.5, 0.6) is 0 Å². The Labute approximate surface area is 191 Å². The van der Waals surface area contributed by atoms with Crippen LogP contribution in [0, 0.1) is 6.92 Å². The molecule has 1 heterocycles. The molecule has 0 unspecified atom stereocenters. The molecule has 1 rings (SSSR count). The van der Waals surface area contributed by atoms with Crippen molar-refractivity contribution in [3.63, 3.8) is 0 Å². The van der Waals surface area contributed by atoms with Gasteiger partial charge in [0, 0.05) is 24.7 Å². The van der Waals surface area contributed by atoms with Gasteiger partial charge in [0.2, 0.25) is 0 Å². The first-order valence-corrected chi connectivity index (χ1v) is 12.9. The highest BCUT2D eigenvalue weighted by Crippen LogP contribution is 2.19. The van der Waals surface area contributed by atoms with Crippen LogP contribution in [0.4, 0.5) is 0 Å². The molecule has 1 aromatic rings. The van der Waals surface area contributed by atoms with Gasteiger partial charge in [0.05, 0.1) is 6.61 Å². The Bertz CT molecular complexity index is 633. The van der Waals surface area contributed by atoms with E-state index in [0.29, 0.717) is 24.3 Å². The SMILES string of the molecule is CCCCCCCCCCCCCCCCCC(=O)c1cc(C(=O)OCC)n(C)c1C. The average Bonchev–Trinajstić information content (AvgIpc) is 3.05. The molecule has 31 heavy (non-hydrogen) atoms. The minimum absolute atomic E-state index is 0.137. The van der Waals surface area contributed by atoms with Crippen LogP contribution in [0.1, 0.15) is 143 Å². The van der Waals surface area contributed by atoms with Crippen LogP contribution in [0.3, 0.4) is 0 Å². The van der Waals surface area contributed by atoms with E-state index in [1.807, 2.05) is 14.0 Å². The lowest BCUT2D eigenvalue weighted by molar-refractivity contribution is 0.0515. The Morgan fingerprint density at radius 2 is 1.23 bits per heavy atom. The number of carbonyl (C=O) groups excluding carboxylic acids is 2. The summed E-state index contributed by atoms with van der Waals surface area (Å²) >= 11 is 0. The Hall–Kier alpha value is -1.58. The van der Waals surface area contributed by atoms with Crippen LogP contribution >= 0.6 is 0 Å². The molecule has 0 aliphatic carbocycles. The lowest BCUT2D eigenvalue weighted by Gasteiger charge is -2.05. The second kappa shape index (κ2) is 17.0. The number of rotatable bonds is 19. The van der Waals surface area contributed by atoms with Crippen LogP contribution in [0.15, 0.2) is 6.07 Å². The molecule has 0 spiro atoms. The molecule has 0 atom stereocenters. The van der Waals surface area contributed by atoms with E-state index in [9.17, 15) is 9.59 Å².